The van der Waals surface area contributed by atoms with Crippen molar-refractivity contribution in [2.45, 2.75) is 45.1 Å². The van der Waals surface area contributed by atoms with Crippen molar-refractivity contribution in [2.75, 3.05) is 12.4 Å². The Morgan fingerprint density at radius 2 is 2.32 bits per heavy atom. The number of aromatic nitrogens is 1. The molecule has 4 heteroatoms. The molecule has 0 aromatic carbocycles. The summed E-state index contributed by atoms with van der Waals surface area (Å²) < 4.78 is 0. The maximum Gasteiger partial charge on any atom is 0.270 e. The van der Waals surface area contributed by atoms with Crippen LogP contribution in [0.2, 0.25) is 0 Å². The molecule has 0 radical (unpaired) electrons. The van der Waals surface area contributed by atoms with Gasteiger partial charge < -0.3 is 10.6 Å². The van der Waals surface area contributed by atoms with Crippen molar-refractivity contribution in [3.8, 4) is 0 Å². The lowest BCUT2D eigenvalue weighted by molar-refractivity contribution is 0.0914. The molecular weight excluding hydrogens is 238 g/mol. The van der Waals surface area contributed by atoms with E-state index in [-0.39, 0.29) is 5.91 Å². The number of carbonyl (C=O) groups is 1. The molecule has 1 heterocycles. The fourth-order valence-corrected chi connectivity index (χ4v) is 2.76. The van der Waals surface area contributed by atoms with E-state index in [0.29, 0.717) is 11.7 Å². The number of anilines is 1. The standard InChI is InChI=1S/C15H23N3O/c1-3-11-5-4-6-13(9-11)18-15(19)14-10-12(16-2)7-8-17-14/h7-8,10-11,13H,3-6,9H2,1-2H3,(H,16,17)(H,18,19). The molecule has 4 nitrogen and oxygen atoms in total. The number of pyridine rings is 1. The van der Waals surface area contributed by atoms with E-state index < -0.39 is 0 Å². The van der Waals surface area contributed by atoms with Crippen LogP contribution in [0.4, 0.5) is 5.69 Å². The van der Waals surface area contributed by atoms with Gasteiger partial charge in [-0.25, -0.2) is 0 Å². The lowest BCUT2D eigenvalue weighted by Gasteiger charge is -2.29. The van der Waals surface area contributed by atoms with Crippen LogP contribution >= 0.6 is 0 Å². The Morgan fingerprint density at radius 1 is 1.47 bits per heavy atom. The Morgan fingerprint density at radius 3 is 3.05 bits per heavy atom. The van der Waals surface area contributed by atoms with E-state index in [1.54, 1.807) is 12.3 Å². The van der Waals surface area contributed by atoms with Gasteiger partial charge in [-0.1, -0.05) is 26.2 Å². The molecule has 1 aromatic rings. The van der Waals surface area contributed by atoms with Crippen molar-refractivity contribution in [1.82, 2.24) is 10.3 Å². The molecule has 2 unspecified atom stereocenters. The van der Waals surface area contributed by atoms with Crippen LogP contribution in [0, 0.1) is 5.92 Å². The third-order valence-electron chi connectivity index (χ3n) is 3.98. The van der Waals surface area contributed by atoms with E-state index in [4.69, 9.17) is 0 Å². The summed E-state index contributed by atoms with van der Waals surface area (Å²) in [5, 5.41) is 6.14. The predicted molar refractivity (Wildman–Crippen MR) is 77.3 cm³/mol. The van der Waals surface area contributed by atoms with Gasteiger partial charge in [0, 0.05) is 25.0 Å². The number of carbonyl (C=O) groups excluding carboxylic acids is 1. The van der Waals surface area contributed by atoms with Gasteiger partial charge in [0.15, 0.2) is 0 Å². The summed E-state index contributed by atoms with van der Waals surface area (Å²) in [6, 6.07) is 3.95. The molecule has 1 aliphatic rings. The van der Waals surface area contributed by atoms with Crippen LogP contribution in [-0.4, -0.2) is 24.0 Å². The molecule has 0 aliphatic heterocycles. The second-order valence-electron chi connectivity index (χ2n) is 5.29. The van der Waals surface area contributed by atoms with Crippen LogP contribution in [0.15, 0.2) is 18.3 Å². The third kappa shape index (κ3) is 3.69. The average Bonchev–Trinajstić information content (AvgIpc) is 2.47. The van der Waals surface area contributed by atoms with Crippen LogP contribution in [0.5, 0.6) is 0 Å². The molecule has 19 heavy (non-hydrogen) atoms. The third-order valence-corrected chi connectivity index (χ3v) is 3.98. The Hall–Kier alpha value is -1.58. The van der Waals surface area contributed by atoms with Crippen molar-refractivity contribution in [1.29, 1.82) is 0 Å². The summed E-state index contributed by atoms with van der Waals surface area (Å²) in [7, 11) is 1.84. The van der Waals surface area contributed by atoms with Crippen molar-refractivity contribution < 1.29 is 4.79 Å². The lowest BCUT2D eigenvalue weighted by Crippen LogP contribution is -2.38. The van der Waals surface area contributed by atoms with Gasteiger partial charge in [0.1, 0.15) is 5.69 Å². The molecule has 2 rings (SSSR count). The normalized spacial score (nSPS) is 22.8. The summed E-state index contributed by atoms with van der Waals surface area (Å²) in [5.74, 6) is 0.703. The molecule has 1 saturated carbocycles. The van der Waals surface area contributed by atoms with Crippen molar-refractivity contribution in [3.63, 3.8) is 0 Å². The van der Waals surface area contributed by atoms with Gasteiger partial charge in [-0.05, 0) is 30.9 Å². The summed E-state index contributed by atoms with van der Waals surface area (Å²) in [6.45, 7) is 2.23. The van der Waals surface area contributed by atoms with E-state index in [2.05, 4.69) is 22.5 Å². The Bertz CT molecular complexity index is 433. The molecule has 1 amide bonds. The molecule has 104 valence electrons. The number of hydrogen-bond acceptors (Lipinski definition) is 3. The van der Waals surface area contributed by atoms with E-state index in [9.17, 15) is 4.79 Å². The highest BCUT2D eigenvalue weighted by Gasteiger charge is 2.22. The Balaban J connectivity index is 1.96. The largest absolute Gasteiger partial charge is 0.388 e. The molecule has 1 fully saturated rings. The number of nitrogens with one attached hydrogen (secondary N) is 2. The minimum Gasteiger partial charge on any atom is -0.388 e. The van der Waals surface area contributed by atoms with E-state index in [0.717, 1.165) is 24.4 Å². The first kappa shape index (κ1) is 13.8. The van der Waals surface area contributed by atoms with Gasteiger partial charge in [0.2, 0.25) is 0 Å². The summed E-state index contributed by atoms with van der Waals surface area (Å²) in [6.07, 6.45) is 7.59. The van der Waals surface area contributed by atoms with Gasteiger partial charge in [0.25, 0.3) is 5.91 Å². The fourth-order valence-electron chi connectivity index (χ4n) is 2.76. The van der Waals surface area contributed by atoms with Gasteiger partial charge in [-0.15, -0.1) is 0 Å². The van der Waals surface area contributed by atoms with Gasteiger partial charge in [-0.3, -0.25) is 9.78 Å². The summed E-state index contributed by atoms with van der Waals surface area (Å²) in [5.41, 5.74) is 1.40. The minimum atomic E-state index is -0.0566. The first-order chi connectivity index (χ1) is 9.22. The molecule has 1 aliphatic carbocycles. The highest BCUT2D eigenvalue weighted by atomic mass is 16.1. The van der Waals surface area contributed by atoms with Gasteiger partial charge in [-0.2, -0.15) is 0 Å². The number of amides is 1. The molecular formula is C15H23N3O. The second-order valence-corrected chi connectivity index (χ2v) is 5.29. The minimum absolute atomic E-state index is 0.0566. The van der Waals surface area contributed by atoms with Gasteiger partial charge in [0.05, 0.1) is 0 Å². The quantitative estimate of drug-likeness (QED) is 0.876. The van der Waals surface area contributed by atoms with Crippen molar-refractivity contribution >= 4 is 11.6 Å². The molecule has 0 saturated heterocycles. The second kappa shape index (κ2) is 6.55. The van der Waals surface area contributed by atoms with Crippen molar-refractivity contribution in [2.24, 2.45) is 5.92 Å². The smallest absolute Gasteiger partial charge is 0.270 e. The Kier molecular flexibility index (Phi) is 4.77. The van der Waals surface area contributed by atoms with E-state index >= 15 is 0 Å². The number of rotatable bonds is 4. The zero-order valence-electron chi connectivity index (χ0n) is 11.8. The van der Waals surface area contributed by atoms with Crippen LogP contribution in [0.3, 0.4) is 0 Å². The fraction of sp³-hybridized carbons (Fsp3) is 0.600. The SMILES string of the molecule is CCC1CCCC(NC(=O)c2cc(NC)ccn2)C1. The lowest BCUT2D eigenvalue weighted by atomic mass is 9.84. The van der Waals surface area contributed by atoms with Crippen LogP contribution in [-0.2, 0) is 0 Å². The summed E-state index contributed by atoms with van der Waals surface area (Å²) in [4.78, 5) is 16.3. The maximum atomic E-state index is 12.2. The van der Waals surface area contributed by atoms with Gasteiger partial charge >= 0.3 is 0 Å². The topological polar surface area (TPSA) is 54.0 Å². The first-order valence-corrected chi connectivity index (χ1v) is 7.17. The highest BCUT2D eigenvalue weighted by molar-refractivity contribution is 5.93. The Labute approximate surface area is 115 Å². The monoisotopic (exact) mass is 261 g/mol. The molecule has 0 spiro atoms. The predicted octanol–water partition coefficient (Wildman–Crippen LogP) is 2.82. The molecule has 0 bridgehead atoms. The zero-order valence-corrected chi connectivity index (χ0v) is 11.8. The van der Waals surface area contributed by atoms with Crippen molar-refractivity contribution in [3.05, 3.63) is 24.0 Å². The van der Waals surface area contributed by atoms with E-state index in [1.165, 1.54) is 19.3 Å². The molecule has 1 aromatic heterocycles. The average molecular weight is 261 g/mol. The van der Waals surface area contributed by atoms with E-state index in [1.807, 2.05) is 13.1 Å². The molecule has 2 atom stereocenters. The zero-order chi connectivity index (χ0) is 13.7. The first-order valence-electron chi connectivity index (χ1n) is 7.17. The summed E-state index contributed by atoms with van der Waals surface area (Å²) >= 11 is 0. The number of nitrogens with zero attached hydrogens (tertiary/aromatic N) is 1. The van der Waals surface area contributed by atoms with Crippen LogP contribution in [0.25, 0.3) is 0 Å². The van der Waals surface area contributed by atoms with Crippen LogP contribution in [0.1, 0.15) is 49.5 Å². The maximum absolute atomic E-state index is 12.2. The van der Waals surface area contributed by atoms with Crippen LogP contribution < -0.4 is 10.6 Å². The highest BCUT2D eigenvalue weighted by Crippen LogP contribution is 2.26. The molecule has 2 N–H and O–H groups in total. The number of hydrogen-bond donors (Lipinski definition) is 2.